The molecular formula is C35H29N3O3S. The Kier molecular flexibility index (Phi) is 6.39. The van der Waals surface area contributed by atoms with E-state index in [1.165, 1.54) is 33.6 Å². The zero-order chi connectivity index (χ0) is 28.8. The van der Waals surface area contributed by atoms with Gasteiger partial charge in [-0.1, -0.05) is 66.7 Å². The lowest BCUT2D eigenvalue weighted by atomic mass is 9.52. The summed E-state index contributed by atoms with van der Waals surface area (Å²) in [5.41, 5.74) is 7.39. The van der Waals surface area contributed by atoms with Crippen LogP contribution in [-0.4, -0.2) is 23.9 Å². The van der Waals surface area contributed by atoms with Crippen molar-refractivity contribution in [2.24, 2.45) is 5.41 Å². The van der Waals surface area contributed by atoms with Crippen LogP contribution in [0.4, 0.5) is 10.8 Å². The van der Waals surface area contributed by atoms with E-state index >= 15 is 0 Å². The minimum Gasteiger partial charge on any atom is -0.497 e. The highest BCUT2D eigenvalue weighted by atomic mass is 32.1. The van der Waals surface area contributed by atoms with Crippen LogP contribution in [0.1, 0.15) is 57.8 Å². The summed E-state index contributed by atoms with van der Waals surface area (Å²) in [5.74, 6) is 0.648. The molecule has 4 aromatic carbocycles. The third-order valence-corrected chi connectivity index (χ3v) is 9.40. The second-order valence-electron chi connectivity index (χ2n) is 11.1. The van der Waals surface area contributed by atoms with Gasteiger partial charge in [-0.2, -0.15) is 0 Å². The van der Waals surface area contributed by atoms with E-state index in [1.54, 1.807) is 25.3 Å². The van der Waals surface area contributed by atoms with Crippen molar-refractivity contribution in [2.45, 2.75) is 25.2 Å². The monoisotopic (exact) mass is 571 g/mol. The molecule has 7 heteroatoms. The van der Waals surface area contributed by atoms with Crippen molar-refractivity contribution in [1.29, 1.82) is 0 Å². The van der Waals surface area contributed by atoms with E-state index in [1.807, 2.05) is 35.7 Å². The van der Waals surface area contributed by atoms with Gasteiger partial charge in [0.25, 0.3) is 5.91 Å². The van der Waals surface area contributed by atoms with Crippen LogP contribution in [0, 0.1) is 5.41 Å². The Morgan fingerprint density at radius 1 is 0.857 bits per heavy atom. The first-order valence-electron chi connectivity index (χ1n) is 13.9. The summed E-state index contributed by atoms with van der Waals surface area (Å²) in [6.07, 6.45) is 0.759. The first-order valence-corrected chi connectivity index (χ1v) is 14.8. The molecule has 3 aliphatic carbocycles. The molecule has 8 rings (SSSR count). The summed E-state index contributed by atoms with van der Waals surface area (Å²) >= 11 is 1.41. The van der Waals surface area contributed by atoms with Crippen molar-refractivity contribution in [1.82, 2.24) is 4.98 Å². The Morgan fingerprint density at radius 2 is 1.52 bits per heavy atom. The van der Waals surface area contributed by atoms with Crippen LogP contribution < -0.4 is 15.4 Å². The number of thiazole rings is 1. The minimum atomic E-state index is -0.600. The van der Waals surface area contributed by atoms with Crippen LogP contribution in [0.2, 0.25) is 0 Å². The average Bonchev–Trinajstić information content (AvgIpc) is 3.49. The van der Waals surface area contributed by atoms with Gasteiger partial charge in [-0.25, -0.2) is 4.98 Å². The van der Waals surface area contributed by atoms with E-state index < -0.39 is 5.41 Å². The number of benzene rings is 4. The average molecular weight is 572 g/mol. The lowest BCUT2D eigenvalue weighted by molar-refractivity contribution is -0.126. The van der Waals surface area contributed by atoms with E-state index in [0.717, 1.165) is 17.7 Å². The molecule has 1 unspecified atom stereocenters. The molecule has 0 fully saturated rings. The Balaban J connectivity index is 1.08. The van der Waals surface area contributed by atoms with Gasteiger partial charge in [-0.15, -0.1) is 11.3 Å². The van der Waals surface area contributed by atoms with Crippen LogP contribution in [0.3, 0.4) is 0 Å². The fourth-order valence-electron chi connectivity index (χ4n) is 6.59. The first kappa shape index (κ1) is 26.2. The van der Waals surface area contributed by atoms with Gasteiger partial charge in [0.2, 0.25) is 5.91 Å². The number of anilines is 2. The maximum Gasteiger partial charge on any atom is 0.255 e. The highest BCUT2D eigenvalue weighted by molar-refractivity contribution is 7.14. The molecule has 0 aliphatic heterocycles. The Labute approximate surface area is 248 Å². The summed E-state index contributed by atoms with van der Waals surface area (Å²) in [7, 11) is 1.59. The molecule has 1 heterocycles. The van der Waals surface area contributed by atoms with Crippen molar-refractivity contribution < 1.29 is 14.3 Å². The van der Waals surface area contributed by atoms with Crippen molar-refractivity contribution in [3.8, 4) is 17.0 Å². The highest BCUT2D eigenvalue weighted by Gasteiger charge is 2.54. The topological polar surface area (TPSA) is 80.3 Å². The SMILES string of the molecule is COc1cccc(NC(=O)c2ccc(-c3csc(NC(=O)C4(C)CC5c6ccccc6C4c4ccccc45)n3)cc2)c1. The number of methoxy groups -OCH3 is 1. The summed E-state index contributed by atoms with van der Waals surface area (Å²) in [4.78, 5) is 31.5. The fourth-order valence-corrected chi connectivity index (χ4v) is 7.30. The smallest absolute Gasteiger partial charge is 0.255 e. The molecule has 1 aromatic heterocycles. The number of carbonyl (C=O) groups excluding carboxylic acids is 2. The lowest BCUT2D eigenvalue weighted by Gasteiger charge is -2.50. The molecule has 3 aliphatic rings. The minimum absolute atomic E-state index is 0.00744. The van der Waals surface area contributed by atoms with Gasteiger partial charge >= 0.3 is 0 Å². The van der Waals surface area contributed by atoms with Gasteiger partial charge in [-0.3, -0.25) is 9.59 Å². The van der Waals surface area contributed by atoms with Gasteiger partial charge in [0, 0.05) is 40.1 Å². The third-order valence-electron chi connectivity index (χ3n) is 8.64. The number of nitrogens with one attached hydrogen (secondary N) is 2. The van der Waals surface area contributed by atoms with Gasteiger partial charge < -0.3 is 15.4 Å². The molecule has 2 amide bonds. The molecule has 0 saturated carbocycles. The summed E-state index contributed by atoms with van der Waals surface area (Å²) in [5, 5.41) is 8.55. The van der Waals surface area contributed by atoms with E-state index in [-0.39, 0.29) is 23.7 Å². The second-order valence-corrected chi connectivity index (χ2v) is 12.0. The Bertz CT molecular complexity index is 1780. The molecule has 0 saturated heterocycles. The number of hydrogen-bond donors (Lipinski definition) is 2. The van der Waals surface area contributed by atoms with Gasteiger partial charge in [0.15, 0.2) is 5.13 Å². The van der Waals surface area contributed by atoms with E-state index in [9.17, 15) is 9.59 Å². The molecule has 2 bridgehead atoms. The van der Waals surface area contributed by atoms with Gasteiger partial charge in [-0.05, 0) is 59.9 Å². The lowest BCUT2D eigenvalue weighted by Crippen LogP contribution is -2.47. The second kappa shape index (κ2) is 10.3. The normalized spacial score (nSPS) is 19.9. The predicted molar refractivity (Wildman–Crippen MR) is 166 cm³/mol. The number of ether oxygens (including phenoxy) is 1. The van der Waals surface area contributed by atoms with Crippen LogP contribution in [0.25, 0.3) is 11.3 Å². The Hall–Kier alpha value is -4.75. The summed E-state index contributed by atoms with van der Waals surface area (Å²) in [6, 6.07) is 31.6. The first-order chi connectivity index (χ1) is 20.4. The van der Waals surface area contributed by atoms with E-state index in [0.29, 0.717) is 22.1 Å². The quantitative estimate of drug-likeness (QED) is 0.219. The maximum absolute atomic E-state index is 14.0. The number of fused-ring (bicyclic) bond motifs is 1. The van der Waals surface area contributed by atoms with Crippen LogP contribution in [0.5, 0.6) is 5.75 Å². The van der Waals surface area contributed by atoms with Crippen molar-refractivity contribution in [3.05, 3.63) is 130 Å². The molecule has 42 heavy (non-hydrogen) atoms. The number of nitrogens with zero attached hydrogens (tertiary/aromatic N) is 1. The molecule has 208 valence electrons. The number of rotatable bonds is 6. The molecule has 1 atom stereocenters. The number of hydrogen-bond acceptors (Lipinski definition) is 5. The molecule has 2 N–H and O–H groups in total. The van der Waals surface area contributed by atoms with Crippen LogP contribution in [-0.2, 0) is 4.79 Å². The number of aromatic nitrogens is 1. The number of amides is 2. The van der Waals surface area contributed by atoms with Crippen LogP contribution in [0.15, 0.2) is 102 Å². The van der Waals surface area contributed by atoms with Crippen molar-refractivity contribution >= 4 is 34.0 Å². The molecular weight excluding hydrogens is 542 g/mol. The molecule has 0 spiro atoms. The van der Waals surface area contributed by atoms with Gasteiger partial charge in [0.05, 0.1) is 18.2 Å². The highest BCUT2D eigenvalue weighted by Crippen LogP contribution is 2.61. The molecule has 6 nitrogen and oxygen atoms in total. The zero-order valence-corrected chi connectivity index (χ0v) is 24.1. The third kappa shape index (κ3) is 4.37. The van der Waals surface area contributed by atoms with Crippen LogP contribution >= 0.6 is 11.3 Å². The maximum atomic E-state index is 14.0. The van der Waals surface area contributed by atoms with E-state index in [4.69, 9.17) is 9.72 Å². The standard InChI is InChI=1S/C35H29N3O3S/c1-35(19-29-25-10-3-5-12-27(25)31(35)28-13-6-4-11-26(28)29)33(40)38-34-37-30(20-42-34)21-14-16-22(17-15-21)32(39)36-23-8-7-9-24(18-23)41-2/h3-18,20,29,31H,19H2,1-2H3,(H,36,39)(H,37,38,40). The van der Waals surface area contributed by atoms with Crippen molar-refractivity contribution in [3.63, 3.8) is 0 Å². The zero-order valence-electron chi connectivity index (χ0n) is 23.3. The summed E-state index contributed by atoms with van der Waals surface area (Å²) in [6.45, 7) is 2.09. The predicted octanol–water partition coefficient (Wildman–Crippen LogP) is 7.70. The van der Waals surface area contributed by atoms with Gasteiger partial charge in [0.1, 0.15) is 5.75 Å². The van der Waals surface area contributed by atoms with E-state index in [2.05, 4.69) is 66.1 Å². The summed E-state index contributed by atoms with van der Waals surface area (Å²) < 4.78 is 5.23. The van der Waals surface area contributed by atoms with Crippen molar-refractivity contribution in [2.75, 3.05) is 17.7 Å². The Morgan fingerprint density at radius 3 is 2.19 bits per heavy atom. The fraction of sp³-hybridized carbons (Fsp3) is 0.171. The number of carbonyl (C=O) groups is 2. The largest absolute Gasteiger partial charge is 0.497 e. The molecule has 0 radical (unpaired) electrons. The molecule has 5 aromatic rings.